The van der Waals surface area contributed by atoms with Crippen molar-refractivity contribution in [3.8, 4) is 0 Å². The lowest BCUT2D eigenvalue weighted by Crippen LogP contribution is -2.21. The molecule has 0 N–H and O–H groups in total. The normalized spacial score (nSPS) is 25.9. The van der Waals surface area contributed by atoms with Crippen molar-refractivity contribution in [2.75, 3.05) is 0 Å². The standard InChI is InChI=1S/C18H28/c1-3-7-16-10-12-18(13-11-16)15(2)14-17-8-5-4-6-9-17/h4-6,8-9,15-16,18H,3,7,10-14H2,1-2H3. The Labute approximate surface area is 113 Å². The molecule has 1 aliphatic rings. The van der Waals surface area contributed by atoms with E-state index in [1.807, 2.05) is 0 Å². The first-order valence-electron chi connectivity index (χ1n) is 7.83. The topological polar surface area (TPSA) is 0 Å². The van der Waals surface area contributed by atoms with Gasteiger partial charge >= 0.3 is 0 Å². The van der Waals surface area contributed by atoms with Crippen molar-refractivity contribution >= 4 is 0 Å². The lowest BCUT2D eigenvalue weighted by Gasteiger charge is -2.32. The summed E-state index contributed by atoms with van der Waals surface area (Å²) in [5.74, 6) is 2.86. The maximum absolute atomic E-state index is 2.46. The first-order chi connectivity index (χ1) is 8.79. The molecule has 0 nitrogen and oxygen atoms in total. The molecule has 1 aliphatic carbocycles. The Kier molecular flexibility index (Phi) is 5.28. The average molecular weight is 244 g/mol. The van der Waals surface area contributed by atoms with Crippen LogP contribution in [0.25, 0.3) is 0 Å². The van der Waals surface area contributed by atoms with Gasteiger partial charge in [0.25, 0.3) is 0 Å². The summed E-state index contributed by atoms with van der Waals surface area (Å²) in [5.41, 5.74) is 1.51. The fourth-order valence-electron chi connectivity index (χ4n) is 3.61. The summed E-state index contributed by atoms with van der Waals surface area (Å²) >= 11 is 0. The predicted octanol–water partition coefficient (Wildman–Crippen LogP) is 5.47. The van der Waals surface area contributed by atoms with E-state index in [2.05, 4.69) is 44.2 Å². The summed E-state index contributed by atoms with van der Waals surface area (Å²) in [4.78, 5) is 0. The van der Waals surface area contributed by atoms with Crippen LogP contribution in [0.2, 0.25) is 0 Å². The Hall–Kier alpha value is -0.780. The second-order valence-corrected chi connectivity index (χ2v) is 6.24. The minimum absolute atomic E-state index is 0.856. The molecule has 1 unspecified atom stereocenters. The maximum atomic E-state index is 2.46. The third-order valence-electron chi connectivity index (χ3n) is 4.79. The molecule has 1 aromatic rings. The van der Waals surface area contributed by atoms with E-state index in [9.17, 15) is 0 Å². The lowest BCUT2D eigenvalue weighted by atomic mass is 9.74. The highest BCUT2D eigenvalue weighted by Crippen LogP contribution is 2.36. The summed E-state index contributed by atoms with van der Waals surface area (Å²) in [6.07, 6.45) is 10.0. The van der Waals surface area contributed by atoms with E-state index >= 15 is 0 Å². The highest BCUT2D eigenvalue weighted by atomic mass is 14.3. The summed E-state index contributed by atoms with van der Waals surface area (Å²) in [7, 11) is 0. The molecule has 18 heavy (non-hydrogen) atoms. The van der Waals surface area contributed by atoms with Crippen LogP contribution in [0.5, 0.6) is 0 Å². The summed E-state index contributed by atoms with van der Waals surface area (Å²) in [5, 5.41) is 0. The maximum Gasteiger partial charge on any atom is -0.0250 e. The molecule has 1 saturated carbocycles. The fraction of sp³-hybridized carbons (Fsp3) is 0.667. The van der Waals surface area contributed by atoms with Gasteiger partial charge in [-0.25, -0.2) is 0 Å². The van der Waals surface area contributed by atoms with E-state index in [-0.39, 0.29) is 0 Å². The molecule has 0 spiro atoms. The van der Waals surface area contributed by atoms with Crippen molar-refractivity contribution < 1.29 is 0 Å². The Morgan fingerprint density at radius 3 is 2.33 bits per heavy atom. The molecule has 1 fully saturated rings. The largest absolute Gasteiger partial charge is 0.0654 e. The second-order valence-electron chi connectivity index (χ2n) is 6.24. The third-order valence-corrected chi connectivity index (χ3v) is 4.79. The number of rotatable bonds is 5. The Morgan fingerprint density at radius 1 is 1.06 bits per heavy atom. The highest BCUT2D eigenvalue weighted by Gasteiger charge is 2.24. The first-order valence-corrected chi connectivity index (χ1v) is 7.83. The summed E-state index contributed by atoms with van der Waals surface area (Å²) in [6.45, 7) is 4.78. The van der Waals surface area contributed by atoms with Gasteiger partial charge in [0.2, 0.25) is 0 Å². The average Bonchev–Trinajstić information content (AvgIpc) is 2.41. The van der Waals surface area contributed by atoms with Crippen LogP contribution in [0.1, 0.15) is 57.9 Å². The van der Waals surface area contributed by atoms with E-state index in [1.165, 1.54) is 50.5 Å². The second kappa shape index (κ2) is 6.97. The summed E-state index contributed by atoms with van der Waals surface area (Å²) in [6, 6.07) is 11.0. The van der Waals surface area contributed by atoms with Crippen molar-refractivity contribution in [3.63, 3.8) is 0 Å². The van der Waals surface area contributed by atoms with Crippen molar-refractivity contribution in [1.29, 1.82) is 0 Å². The third kappa shape index (κ3) is 3.86. The van der Waals surface area contributed by atoms with Gasteiger partial charge in [0.1, 0.15) is 0 Å². The van der Waals surface area contributed by atoms with Crippen LogP contribution in [0.4, 0.5) is 0 Å². The molecule has 0 radical (unpaired) electrons. The van der Waals surface area contributed by atoms with Crippen LogP contribution in [0, 0.1) is 17.8 Å². The molecule has 100 valence electrons. The predicted molar refractivity (Wildman–Crippen MR) is 79.7 cm³/mol. The molecular weight excluding hydrogens is 216 g/mol. The fourth-order valence-corrected chi connectivity index (χ4v) is 3.61. The van der Waals surface area contributed by atoms with Crippen molar-refractivity contribution in [1.82, 2.24) is 0 Å². The van der Waals surface area contributed by atoms with E-state index in [4.69, 9.17) is 0 Å². The van der Waals surface area contributed by atoms with Crippen molar-refractivity contribution in [2.45, 2.75) is 58.8 Å². The molecule has 0 heteroatoms. The van der Waals surface area contributed by atoms with Gasteiger partial charge in [-0.15, -0.1) is 0 Å². The lowest BCUT2D eigenvalue weighted by molar-refractivity contribution is 0.206. The molecular formula is C18H28. The van der Waals surface area contributed by atoms with Crippen LogP contribution >= 0.6 is 0 Å². The van der Waals surface area contributed by atoms with Gasteiger partial charge in [0, 0.05) is 0 Å². The molecule has 0 aromatic heterocycles. The van der Waals surface area contributed by atoms with Gasteiger partial charge in [-0.3, -0.25) is 0 Å². The Bertz CT molecular complexity index is 319. The van der Waals surface area contributed by atoms with Gasteiger partial charge in [0.15, 0.2) is 0 Å². The van der Waals surface area contributed by atoms with Gasteiger partial charge in [0.05, 0.1) is 0 Å². The van der Waals surface area contributed by atoms with Gasteiger partial charge < -0.3 is 0 Å². The Morgan fingerprint density at radius 2 is 1.72 bits per heavy atom. The zero-order valence-electron chi connectivity index (χ0n) is 12.1. The van der Waals surface area contributed by atoms with Crippen LogP contribution in [0.3, 0.4) is 0 Å². The SMILES string of the molecule is CCCC1CCC(C(C)Cc2ccccc2)CC1. The molecule has 0 bridgehead atoms. The number of hydrogen-bond donors (Lipinski definition) is 0. The quantitative estimate of drug-likeness (QED) is 0.644. The molecule has 0 saturated heterocycles. The zero-order chi connectivity index (χ0) is 12.8. The zero-order valence-corrected chi connectivity index (χ0v) is 12.1. The Balaban J connectivity index is 1.79. The molecule has 2 rings (SSSR count). The van der Waals surface area contributed by atoms with E-state index in [1.54, 1.807) is 0 Å². The minimum atomic E-state index is 0.856. The number of hydrogen-bond acceptors (Lipinski definition) is 0. The molecule has 0 aliphatic heterocycles. The van der Waals surface area contributed by atoms with Crippen LogP contribution in [-0.2, 0) is 6.42 Å². The summed E-state index contributed by atoms with van der Waals surface area (Å²) < 4.78 is 0. The van der Waals surface area contributed by atoms with Gasteiger partial charge in [-0.05, 0) is 42.6 Å². The van der Waals surface area contributed by atoms with Crippen LogP contribution in [-0.4, -0.2) is 0 Å². The van der Waals surface area contributed by atoms with E-state index in [0.717, 1.165) is 17.8 Å². The van der Waals surface area contributed by atoms with Crippen LogP contribution < -0.4 is 0 Å². The van der Waals surface area contributed by atoms with Crippen LogP contribution in [0.15, 0.2) is 30.3 Å². The highest BCUT2D eigenvalue weighted by molar-refractivity contribution is 5.15. The smallest absolute Gasteiger partial charge is 0.0250 e. The van der Waals surface area contributed by atoms with Gasteiger partial charge in [-0.2, -0.15) is 0 Å². The monoisotopic (exact) mass is 244 g/mol. The van der Waals surface area contributed by atoms with E-state index < -0.39 is 0 Å². The van der Waals surface area contributed by atoms with Crippen molar-refractivity contribution in [2.24, 2.45) is 17.8 Å². The van der Waals surface area contributed by atoms with Crippen molar-refractivity contribution in [3.05, 3.63) is 35.9 Å². The molecule has 0 heterocycles. The van der Waals surface area contributed by atoms with E-state index in [0.29, 0.717) is 0 Å². The molecule has 1 aromatic carbocycles. The molecule has 0 amide bonds. The minimum Gasteiger partial charge on any atom is -0.0654 e. The molecule has 1 atom stereocenters. The van der Waals surface area contributed by atoms with Gasteiger partial charge in [-0.1, -0.05) is 69.9 Å². The number of benzene rings is 1. The first kappa shape index (κ1) is 13.6.